The Labute approximate surface area is 425 Å². The maximum absolute atomic E-state index is 14.7. The molecule has 2 bridgehead atoms. The monoisotopic (exact) mass is 1010 g/mol. The van der Waals surface area contributed by atoms with Crippen LogP contribution in [0.25, 0.3) is 16.5 Å². The lowest BCUT2D eigenvalue weighted by Crippen LogP contribution is -2.71. The predicted octanol–water partition coefficient (Wildman–Crippen LogP) is 4.79. The summed E-state index contributed by atoms with van der Waals surface area (Å²) in [6.45, 7) is 2.82. The van der Waals surface area contributed by atoms with Crippen molar-refractivity contribution in [2.75, 3.05) is 73.0 Å². The minimum absolute atomic E-state index is 0.0146. The van der Waals surface area contributed by atoms with Gasteiger partial charge < -0.3 is 64.2 Å². The zero-order chi connectivity index (χ0) is 51.2. The third kappa shape index (κ3) is 8.69. The number of rotatable bonds is 15. The molecule has 16 heteroatoms. The Hall–Kier alpha value is -5.17. The van der Waals surface area contributed by atoms with E-state index in [9.17, 15) is 45.0 Å². The fourth-order valence-electron chi connectivity index (χ4n) is 13.9. The van der Waals surface area contributed by atoms with Gasteiger partial charge in [0.1, 0.15) is 28.6 Å². The number of aromatic nitrogens is 1. The van der Waals surface area contributed by atoms with Crippen molar-refractivity contribution in [3.8, 4) is 17.2 Å². The number of likely N-dealkylation sites (tertiary alicyclic amines) is 1. The van der Waals surface area contributed by atoms with E-state index in [-0.39, 0.29) is 115 Å². The molecule has 0 amide bonds. The van der Waals surface area contributed by atoms with Crippen LogP contribution in [-0.4, -0.2) is 143 Å². The van der Waals surface area contributed by atoms with Crippen LogP contribution >= 0.6 is 0 Å². The van der Waals surface area contributed by atoms with E-state index >= 15 is 0 Å². The highest BCUT2D eigenvalue weighted by molar-refractivity contribution is 6.11. The van der Waals surface area contributed by atoms with Crippen LogP contribution in [0, 0.1) is 35.5 Å². The smallest absolute Gasteiger partial charge is 0.375 e. The SMILES string of the molecule is CCOC(=O)C1=C(C=O)C2=C3CC(CO)C(=O)C(C3)c3cc4cc[nH]c4cc3CCC(CO)COc3c4c(c(CO)c(c32)O1)OC1(C=CC(CCO)C2C(CCCO)=CC3CN(CCCOC)CCC3C21O)C4. The summed E-state index contributed by atoms with van der Waals surface area (Å²) in [5.41, 5.74) is 2.01. The van der Waals surface area contributed by atoms with Gasteiger partial charge in [0.2, 0.25) is 5.76 Å². The van der Waals surface area contributed by atoms with Gasteiger partial charge in [-0.15, -0.1) is 0 Å². The maximum atomic E-state index is 14.7. The zero-order valence-corrected chi connectivity index (χ0v) is 41.9. The number of fused-ring (bicyclic) bond motifs is 11. The van der Waals surface area contributed by atoms with Crippen LogP contribution in [0.3, 0.4) is 0 Å². The molecule has 10 rings (SSSR count). The van der Waals surface area contributed by atoms with Gasteiger partial charge in [-0.05, 0) is 124 Å². The van der Waals surface area contributed by atoms with Gasteiger partial charge in [-0.3, -0.25) is 9.59 Å². The Balaban J connectivity index is 1.21. The number of piperidine rings is 1. The molecule has 9 atom stereocenters. The maximum Gasteiger partial charge on any atom is 0.375 e. The number of nitrogens with one attached hydrogen (secondary N) is 1. The number of aliphatic hydroxyl groups is 6. The molecule has 73 heavy (non-hydrogen) atoms. The third-order valence-corrected chi connectivity index (χ3v) is 17.2. The molecule has 1 saturated carbocycles. The fraction of sp³-hybridized carbons (Fsp3) is 0.561. The standard InChI is InChI=1S/C57H70N2O14/c1-3-70-55(67)54-43(29-64)47-37-21-39(28-63)50(66)41(23-37)40-22-35-10-14-58-46(35)24-34(40)8-7-32(27-62)31-71-52-42-25-56(73-51(42)44(30-65)53(72-54)48(47)52)13-9-33(12-18-61)49-36(6-4-17-60)20-38-26-59(15-5-19-69-2)16-11-45(38)57(49,56)68/h9-10,13-14,20,22,24,29,32-33,38-39,41,45,49,58,60-63,65,68H,3-8,11-12,15-19,21,23,25-28,30-31H2,1-2H3. The number of aromatic amines is 1. The largest absolute Gasteiger partial charge is 0.492 e. The van der Waals surface area contributed by atoms with E-state index in [2.05, 4.69) is 16.0 Å². The number of ether oxygens (including phenoxy) is 5. The summed E-state index contributed by atoms with van der Waals surface area (Å²) >= 11 is 0. The van der Waals surface area contributed by atoms with E-state index in [0.717, 1.165) is 40.6 Å². The molecule has 3 aromatic rings. The van der Waals surface area contributed by atoms with Gasteiger partial charge in [0, 0.05) is 105 Å². The van der Waals surface area contributed by atoms with Gasteiger partial charge in [0.25, 0.3) is 0 Å². The van der Waals surface area contributed by atoms with Crippen molar-refractivity contribution in [1.29, 1.82) is 0 Å². The molecule has 5 heterocycles. The molecule has 16 nitrogen and oxygen atoms in total. The van der Waals surface area contributed by atoms with E-state index in [1.165, 1.54) is 0 Å². The molecule has 392 valence electrons. The molecule has 1 aromatic heterocycles. The first-order chi connectivity index (χ1) is 35.5. The second-order valence-corrected chi connectivity index (χ2v) is 21.2. The number of ketones is 1. The minimum Gasteiger partial charge on any atom is -0.492 e. The Morgan fingerprint density at radius 2 is 1.89 bits per heavy atom. The van der Waals surface area contributed by atoms with Crippen LogP contribution in [0.2, 0.25) is 0 Å². The molecule has 7 aliphatic rings. The molecule has 7 N–H and O–H groups in total. The summed E-state index contributed by atoms with van der Waals surface area (Å²) in [6.07, 6.45) is 12.6. The highest BCUT2D eigenvalue weighted by Crippen LogP contribution is 2.64. The van der Waals surface area contributed by atoms with Crippen molar-refractivity contribution in [2.24, 2.45) is 35.5 Å². The Bertz CT molecular complexity index is 2750. The Morgan fingerprint density at radius 1 is 1.04 bits per heavy atom. The first kappa shape index (κ1) is 51.3. The lowest BCUT2D eigenvalue weighted by molar-refractivity contribution is -0.200. The topological polar surface area (TPSA) is 238 Å². The van der Waals surface area contributed by atoms with Crippen LogP contribution in [-0.2, 0) is 43.3 Å². The van der Waals surface area contributed by atoms with Gasteiger partial charge in [0.05, 0.1) is 43.1 Å². The quantitative estimate of drug-likeness (QED) is 0.0469. The van der Waals surface area contributed by atoms with Crippen molar-refractivity contribution >= 4 is 34.5 Å². The molecular formula is C57H70N2O14. The number of H-pyrrole nitrogens is 1. The van der Waals surface area contributed by atoms with Gasteiger partial charge in [0.15, 0.2) is 11.9 Å². The molecule has 4 aliphatic heterocycles. The summed E-state index contributed by atoms with van der Waals surface area (Å²) in [5, 5.41) is 69.8. The number of aldehydes is 1. The second kappa shape index (κ2) is 21.2. The number of carbonyl (C=O) groups is 3. The average molecular weight is 1010 g/mol. The molecule has 2 fully saturated rings. The molecule has 0 radical (unpaired) electrons. The van der Waals surface area contributed by atoms with E-state index in [4.69, 9.17) is 23.7 Å². The van der Waals surface area contributed by atoms with Crippen LogP contribution in [0.4, 0.5) is 0 Å². The van der Waals surface area contributed by atoms with Crippen molar-refractivity contribution in [2.45, 2.75) is 94.9 Å². The number of hydrogen-bond donors (Lipinski definition) is 7. The number of esters is 1. The molecule has 9 unspecified atom stereocenters. The summed E-state index contributed by atoms with van der Waals surface area (Å²) in [6, 6.07) is 5.96. The van der Waals surface area contributed by atoms with Crippen LogP contribution in [0.1, 0.15) is 92.0 Å². The number of aryl methyl sites for hydroxylation is 1. The Kier molecular flexibility index (Phi) is 14.9. The highest BCUT2D eigenvalue weighted by atomic mass is 16.6. The highest BCUT2D eigenvalue weighted by Gasteiger charge is 2.68. The number of hydrogen-bond acceptors (Lipinski definition) is 15. The fourth-order valence-corrected chi connectivity index (χ4v) is 13.9. The van der Waals surface area contributed by atoms with Gasteiger partial charge in [-0.25, -0.2) is 4.79 Å². The minimum atomic E-state index is -1.62. The lowest BCUT2D eigenvalue weighted by atomic mass is 9.49. The predicted molar refractivity (Wildman–Crippen MR) is 269 cm³/mol. The van der Waals surface area contributed by atoms with Crippen molar-refractivity contribution in [3.63, 3.8) is 0 Å². The van der Waals surface area contributed by atoms with E-state index in [1.807, 2.05) is 36.5 Å². The summed E-state index contributed by atoms with van der Waals surface area (Å²) in [5.74, 6) is -4.47. The number of aliphatic hydroxyl groups excluding tert-OH is 5. The molecule has 3 aliphatic carbocycles. The first-order valence-corrected chi connectivity index (χ1v) is 26.3. The Morgan fingerprint density at radius 3 is 2.63 bits per heavy atom. The molecular weight excluding hydrogens is 937 g/mol. The van der Waals surface area contributed by atoms with Gasteiger partial charge in [-0.1, -0.05) is 23.3 Å². The average Bonchev–Trinajstić information content (AvgIpc) is 4.04. The normalized spacial score (nSPS) is 29.6. The first-order valence-electron chi connectivity index (χ1n) is 26.3. The molecule has 1 spiro atoms. The number of nitrogens with zero attached hydrogens (tertiary/aromatic N) is 1. The van der Waals surface area contributed by atoms with E-state index in [1.54, 1.807) is 14.0 Å². The number of Topliss-reactive ketones (excluding diaryl/α,β-unsaturated/α-hetero) is 1. The van der Waals surface area contributed by atoms with Gasteiger partial charge in [-0.2, -0.15) is 0 Å². The van der Waals surface area contributed by atoms with Crippen molar-refractivity contribution < 1.29 is 68.7 Å². The lowest BCUT2D eigenvalue weighted by Gasteiger charge is -2.61. The number of carbonyl (C=O) groups excluding carboxylic acids is 3. The van der Waals surface area contributed by atoms with Crippen molar-refractivity contribution in [1.82, 2.24) is 9.88 Å². The summed E-state index contributed by atoms with van der Waals surface area (Å²) in [4.78, 5) is 48.3. The van der Waals surface area contributed by atoms with Crippen LogP contribution in [0.15, 0.2) is 65.1 Å². The van der Waals surface area contributed by atoms with E-state index < -0.39 is 59.8 Å². The summed E-state index contributed by atoms with van der Waals surface area (Å²) in [7, 11) is 1.69. The second-order valence-electron chi connectivity index (χ2n) is 21.2. The third-order valence-electron chi connectivity index (χ3n) is 17.2. The zero-order valence-electron chi connectivity index (χ0n) is 41.9. The number of benzene rings is 2. The van der Waals surface area contributed by atoms with Gasteiger partial charge >= 0.3 is 5.97 Å². The number of methoxy groups -OCH3 is 1. The number of allylic oxidation sites excluding steroid dienone is 4. The molecule has 2 aromatic carbocycles. The van der Waals surface area contributed by atoms with Crippen molar-refractivity contribution in [3.05, 3.63) is 92.9 Å². The van der Waals surface area contributed by atoms with E-state index in [0.29, 0.717) is 75.6 Å². The molecule has 1 saturated heterocycles. The van der Waals surface area contributed by atoms with Crippen LogP contribution < -0.4 is 14.2 Å². The van der Waals surface area contributed by atoms with Crippen LogP contribution in [0.5, 0.6) is 17.2 Å². The summed E-state index contributed by atoms with van der Waals surface area (Å²) < 4.78 is 32.0.